The van der Waals surface area contributed by atoms with Crippen LogP contribution in [0.5, 0.6) is 0 Å². The van der Waals surface area contributed by atoms with Crippen LogP contribution in [-0.4, -0.2) is 48.3 Å². The number of nitrogens with zero attached hydrogens (tertiary/aromatic N) is 1. The molecule has 1 saturated heterocycles. The molecule has 3 amide bonds. The molecule has 2 rings (SSSR count). The van der Waals surface area contributed by atoms with Crippen LogP contribution in [0.25, 0.3) is 0 Å². The fourth-order valence-electron chi connectivity index (χ4n) is 3.21. The summed E-state index contributed by atoms with van der Waals surface area (Å²) in [5.74, 6) is -0.534. The second-order valence-electron chi connectivity index (χ2n) is 7.77. The van der Waals surface area contributed by atoms with Crippen molar-refractivity contribution in [2.24, 2.45) is 5.41 Å². The molecule has 1 aromatic carbocycles. The summed E-state index contributed by atoms with van der Waals surface area (Å²) in [4.78, 5) is 39.3. The summed E-state index contributed by atoms with van der Waals surface area (Å²) < 4.78 is 0. The third-order valence-electron chi connectivity index (χ3n) is 4.62. The molecule has 2 N–H and O–H groups in total. The second-order valence-corrected chi connectivity index (χ2v) is 7.77. The predicted octanol–water partition coefficient (Wildman–Crippen LogP) is 1.50. The predicted molar refractivity (Wildman–Crippen MR) is 100 cm³/mol. The Morgan fingerprint density at radius 2 is 1.85 bits per heavy atom. The molecule has 0 aliphatic carbocycles. The van der Waals surface area contributed by atoms with Gasteiger partial charge in [0.2, 0.25) is 17.7 Å². The highest BCUT2D eigenvalue weighted by atomic mass is 16.2. The summed E-state index contributed by atoms with van der Waals surface area (Å²) in [5.41, 5.74) is 0.433. The van der Waals surface area contributed by atoms with Crippen LogP contribution < -0.4 is 10.6 Å². The Balaban J connectivity index is 2.10. The number of carbonyl (C=O) groups excluding carboxylic acids is 3. The summed E-state index contributed by atoms with van der Waals surface area (Å²) in [7, 11) is 1.55. The summed E-state index contributed by atoms with van der Waals surface area (Å²) >= 11 is 0. The molecule has 142 valence electrons. The highest BCUT2D eigenvalue weighted by Crippen LogP contribution is 2.25. The zero-order chi connectivity index (χ0) is 19.3. The van der Waals surface area contributed by atoms with Crippen molar-refractivity contribution in [3.63, 3.8) is 0 Å². The number of likely N-dealkylation sites (N-methyl/N-ethyl adjacent to an activating group) is 1. The van der Waals surface area contributed by atoms with E-state index in [1.54, 1.807) is 11.9 Å². The Hall–Kier alpha value is -2.37. The van der Waals surface area contributed by atoms with E-state index in [0.29, 0.717) is 19.4 Å². The summed E-state index contributed by atoms with van der Waals surface area (Å²) in [6.07, 6.45) is 1.83. The van der Waals surface area contributed by atoms with E-state index in [4.69, 9.17) is 0 Å². The van der Waals surface area contributed by atoms with Crippen molar-refractivity contribution in [3.8, 4) is 0 Å². The number of hydrogen-bond acceptors (Lipinski definition) is 3. The van der Waals surface area contributed by atoms with Crippen LogP contribution in [0.15, 0.2) is 30.3 Å². The number of likely N-dealkylation sites (tertiary alicyclic amines) is 1. The van der Waals surface area contributed by atoms with Crippen molar-refractivity contribution < 1.29 is 14.4 Å². The number of hydrogen-bond donors (Lipinski definition) is 2. The minimum atomic E-state index is -0.665. The highest BCUT2D eigenvalue weighted by molar-refractivity contribution is 5.93. The van der Waals surface area contributed by atoms with Crippen molar-refractivity contribution in [1.29, 1.82) is 0 Å². The molecule has 0 aromatic heterocycles. The van der Waals surface area contributed by atoms with Gasteiger partial charge >= 0.3 is 0 Å². The summed E-state index contributed by atoms with van der Waals surface area (Å²) in [6.45, 7) is 6.14. The largest absolute Gasteiger partial charge is 0.357 e. The Morgan fingerprint density at radius 3 is 2.42 bits per heavy atom. The maximum atomic E-state index is 12.8. The molecule has 26 heavy (non-hydrogen) atoms. The summed E-state index contributed by atoms with van der Waals surface area (Å²) in [5, 5.41) is 5.45. The van der Waals surface area contributed by atoms with Crippen LogP contribution in [0.4, 0.5) is 0 Å². The van der Waals surface area contributed by atoms with Gasteiger partial charge in [0.15, 0.2) is 0 Å². The smallest absolute Gasteiger partial charge is 0.243 e. The van der Waals surface area contributed by atoms with Crippen LogP contribution >= 0.6 is 0 Å². The standard InChI is InChI=1S/C20H29N3O3/c1-20(2,3)19(26)23-12-8-11-16(23)18(25)22-15(17(24)21-4)13-14-9-6-5-7-10-14/h5-7,9-10,15-16H,8,11-13H2,1-4H3,(H,21,24)(H,22,25). The van der Waals surface area contributed by atoms with Gasteiger partial charge in [0.1, 0.15) is 12.1 Å². The van der Waals surface area contributed by atoms with E-state index in [0.717, 1.165) is 12.0 Å². The molecular formula is C20H29N3O3. The highest BCUT2D eigenvalue weighted by Gasteiger charge is 2.39. The number of carbonyl (C=O) groups is 3. The zero-order valence-corrected chi connectivity index (χ0v) is 16.0. The van der Waals surface area contributed by atoms with Gasteiger partial charge in [0, 0.05) is 25.4 Å². The van der Waals surface area contributed by atoms with E-state index < -0.39 is 17.5 Å². The number of benzene rings is 1. The molecule has 2 unspecified atom stereocenters. The van der Waals surface area contributed by atoms with Crippen LogP contribution in [0.2, 0.25) is 0 Å². The average molecular weight is 359 g/mol. The summed E-state index contributed by atoms with van der Waals surface area (Å²) in [6, 6.07) is 8.38. The van der Waals surface area contributed by atoms with Gasteiger partial charge in [-0.1, -0.05) is 51.1 Å². The zero-order valence-electron chi connectivity index (χ0n) is 16.0. The first kappa shape index (κ1) is 19.9. The Morgan fingerprint density at radius 1 is 1.19 bits per heavy atom. The van der Waals surface area contributed by atoms with E-state index >= 15 is 0 Å². The Kier molecular flexibility index (Phi) is 6.40. The van der Waals surface area contributed by atoms with Crippen molar-refractivity contribution in [2.75, 3.05) is 13.6 Å². The molecule has 6 heteroatoms. The van der Waals surface area contributed by atoms with Crippen LogP contribution in [0.3, 0.4) is 0 Å². The number of nitrogens with one attached hydrogen (secondary N) is 2. The average Bonchev–Trinajstić information content (AvgIpc) is 3.09. The van der Waals surface area contributed by atoms with Crippen molar-refractivity contribution in [1.82, 2.24) is 15.5 Å². The number of rotatable bonds is 5. The van der Waals surface area contributed by atoms with Crippen molar-refractivity contribution in [3.05, 3.63) is 35.9 Å². The van der Waals surface area contributed by atoms with E-state index in [1.165, 1.54) is 0 Å². The Bertz CT molecular complexity index is 652. The first-order valence-corrected chi connectivity index (χ1v) is 9.11. The minimum Gasteiger partial charge on any atom is -0.357 e. The molecule has 1 aromatic rings. The SMILES string of the molecule is CNC(=O)C(Cc1ccccc1)NC(=O)C1CCCN1C(=O)C(C)(C)C. The molecular weight excluding hydrogens is 330 g/mol. The lowest BCUT2D eigenvalue weighted by molar-refractivity contribution is -0.145. The van der Waals surface area contributed by atoms with Gasteiger partial charge in [-0.15, -0.1) is 0 Å². The third kappa shape index (κ3) is 4.84. The molecule has 1 fully saturated rings. The topological polar surface area (TPSA) is 78.5 Å². The maximum absolute atomic E-state index is 12.8. The van der Waals surface area contributed by atoms with E-state index in [1.807, 2.05) is 51.1 Å². The van der Waals surface area contributed by atoms with E-state index in [2.05, 4.69) is 10.6 Å². The molecule has 1 heterocycles. The lowest BCUT2D eigenvalue weighted by atomic mass is 9.94. The lowest BCUT2D eigenvalue weighted by Crippen LogP contribution is -2.54. The molecule has 6 nitrogen and oxygen atoms in total. The van der Waals surface area contributed by atoms with Gasteiger partial charge in [-0.05, 0) is 18.4 Å². The second kappa shape index (κ2) is 8.34. The molecule has 2 atom stereocenters. The van der Waals surface area contributed by atoms with Crippen molar-refractivity contribution in [2.45, 2.75) is 52.1 Å². The van der Waals surface area contributed by atoms with Crippen molar-refractivity contribution >= 4 is 17.7 Å². The fourth-order valence-corrected chi connectivity index (χ4v) is 3.21. The monoisotopic (exact) mass is 359 g/mol. The van der Waals surface area contributed by atoms with Gasteiger partial charge in [-0.3, -0.25) is 14.4 Å². The van der Waals surface area contributed by atoms with Crippen LogP contribution in [0, 0.1) is 5.41 Å². The molecule has 0 saturated carbocycles. The molecule has 0 bridgehead atoms. The van der Waals surface area contributed by atoms with Gasteiger partial charge in [-0.2, -0.15) is 0 Å². The Labute approximate surface area is 155 Å². The van der Waals surface area contributed by atoms with Crippen LogP contribution in [-0.2, 0) is 20.8 Å². The van der Waals surface area contributed by atoms with Gasteiger partial charge < -0.3 is 15.5 Å². The van der Waals surface area contributed by atoms with Gasteiger partial charge in [-0.25, -0.2) is 0 Å². The van der Waals surface area contributed by atoms with E-state index in [-0.39, 0.29) is 17.7 Å². The fraction of sp³-hybridized carbons (Fsp3) is 0.550. The molecule has 0 spiro atoms. The van der Waals surface area contributed by atoms with Gasteiger partial charge in [0.25, 0.3) is 0 Å². The first-order valence-electron chi connectivity index (χ1n) is 9.11. The first-order chi connectivity index (χ1) is 12.2. The van der Waals surface area contributed by atoms with Gasteiger partial charge in [0.05, 0.1) is 0 Å². The normalized spacial score (nSPS) is 18.3. The van der Waals surface area contributed by atoms with Crippen LogP contribution in [0.1, 0.15) is 39.2 Å². The van der Waals surface area contributed by atoms with E-state index in [9.17, 15) is 14.4 Å². The maximum Gasteiger partial charge on any atom is 0.243 e. The molecule has 1 aliphatic heterocycles. The quantitative estimate of drug-likeness (QED) is 0.836. The lowest BCUT2D eigenvalue weighted by Gasteiger charge is -2.31. The molecule has 0 radical (unpaired) electrons. The third-order valence-corrected chi connectivity index (χ3v) is 4.62. The molecule has 1 aliphatic rings. The minimum absolute atomic E-state index is 0.0327. The number of amides is 3.